The van der Waals surface area contributed by atoms with E-state index >= 15 is 0 Å². The summed E-state index contributed by atoms with van der Waals surface area (Å²) < 4.78 is 20.2. The maximum atomic E-state index is 14.0. The van der Waals surface area contributed by atoms with E-state index in [1.165, 1.54) is 12.1 Å². The summed E-state index contributed by atoms with van der Waals surface area (Å²) in [5, 5.41) is 20.0. The number of aliphatic hydroxyl groups excluding tert-OH is 1. The van der Waals surface area contributed by atoms with Crippen LogP contribution in [0.5, 0.6) is 0 Å². The first kappa shape index (κ1) is 13.0. The second-order valence-corrected chi connectivity index (χ2v) is 6.16. The van der Waals surface area contributed by atoms with Gasteiger partial charge in [0, 0.05) is 10.0 Å². The van der Waals surface area contributed by atoms with E-state index in [1.807, 2.05) is 0 Å². The minimum atomic E-state index is -1.15. The van der Waals surface area contributed by atoms with Crippen molar-refractivity contribution in [3.05, 3.63) is 34.1 Å². The lowest BCUT2D eigenvalue weighted by molar-refractivity contribution is 0.00172. The number of fused-ring (bicyclic) bond motifs is 2. The number of nitriles is 1. The van der Waals surface area contributed by atoms with Crippen molar-refractivity contribution in [1.29, 1.82) is 5.26 Å². The molecule has 0 aliphatic carbocycles. The smallest absolute Gasteiger partial charge is 0.130 e. The van der Waals surface area contributed by atoms with Gasteiger partial charge in [-0.25, -0.2) is 4.39 Å². The van der Waals surface area contributed by atoms with Crippen molar-refractivity contribution in [2.45, 2.75) is 37.6 Å². The minimum absolute atomic E-state index is 0.0257. The Morgan fingerprint density at radius 3 is 2.84 bits per heavy atom. The second kappa shape index (κ2) is 4.55. The summed E-state index contributed by atoms with van der Waals surface area (Å²) in [5.74, 6) is -0.501. The average Bonchev–Trinajstić information content (AvgIpc) is 2.98. The van der Waals surface area contributed by atoms with Crippen LogP contribution in [0.25, 0.3) is 0 Å². The lowest BCUT2D eigenvalue weighted by Crippen LogP contribution is -2.37. The van der Waals surface area contributed by atoms with Gasteiger partial charge in [-0.15, -0.1) is 0 Å². The highest BCUT2D eigenvalue weighted by atomic mass is 79.9. The Kier molecular flexibility index (Phi) is 3.12. The van der Waals surface area contributed by atoms with Crippen LogP contribution in [0.1, 0.15) is 30.9 Å². The van der Waals surface area contributed by atoms with Gasteiger partial charge in [0.2, 0.25) is 0 Å². The number of halogens is 2. The summed E-state index contributed by atoms with van der Waals surface area (Å²) >= 11 is 3.18. The molecule has 2 fully saturated rings. The van der Waals surface area contributed by atoms with Crippen LogP contribution in [-0.4, -0.2) is 17.3 Å². The normalized spacial score (nSPS) is 34.2. The maximum absolute atomic E-state index is 14.0. The van der Waals surface area contributed by atoms with E-state index in [0.717, 1.165) is 12.8 Å². The third-order valence-corrected chi connectivity index (χ3v) is 4.69. The molecule has 0 amide bonds. The number of hydrogen-bond acceptors (Lipinski definition) is 3. The highest BCUT2D eigenvalue weighted by Gasteiger charge is 2.57. The molecule has 3 rings (SSSR count). The zero-order valence-electron chi connectivity index (χ0n) is 10.1. The van der Waals surface area contributed by atoms with E-state index in [9.17, 15) is 14.8 Å². The van der Waals surface area contributed by atoms with Crippen molar-refractivity contribution >= 4 is 15.9 Å². The monoisotopic (exact) mass is 325 g/mol. The Morgan fingerprint density at radius 2 is 2.32 bits per heavy atom. The molecule has 0 radical (unpaired) electrons. The summed E-state index contributed by atoms with van der Waals surface area (Å²) in [4.78, 5) is 0. The summed E-state index contributed by atoms with van der Waals surface area (Å²) in [5.41, 5.74) is -0.849. The van der Waals surface area contributed by atoms with Gasteiger partial charge < -0.3 is 9.84 Å². The third-order valence-electron chi connectivity index (χ3n) is 4.20. The van der Waals surface area contributed by atoms with Gasteiger partial charge in [0.1, 0.15) is 17.3 Å². The van der Waals surface area contributed by atoms with Gasteiger partial charge >= 0.3 is 0 Å². The molecule has 0 saturated carbocycles. The summed E-state index contributed by atoms with van der Waals surface area (Å²) in [6.07, 6.45) is 0.737. The van der Waals surface area contributed by atoms with Gasteiger partial charge in [0.15, 0.2) is 0 Å². The molecule has 0 aromatic heterocycles. The Labute approximate surface area is 119 Å². The van der Waals surface area contributed by atoms with Crippen LogP contribution in [-0.2, 0) is 4.74 Å². The second-order valence-electron chi connectivity index (χ2n) is 5.25. The molecule has 19 heavy (non-hydrogen) atoms. The predicted molar refractivity (Wildman–Crippen MR) is 69.6 cm³/mol. The first-order chi connectivity index (χ1) is 9.06. The number of ether oxygens (including phenoxy) is 1. The number of benzene rings is 1. The zero-order chi connectivity index (χ0) is 13.6. The maximum Gasteiger partial charge on any atom is 0.130 e. The van der Waals surface area contributed by atoms with E-state index in [2.05, 4.69) is 22.0 Å². The molecule has 1 aromatic rings. The third kappa shape index (κ3) is 1.90. The Balaban J connectivity index is 1.99. The topological polar surface area (TPSA) is 53.2 Å². The SMILES string of the molecule is N#CC1(C(O)c2ccc(Br)cc2F)CC2CCC1O2. The molecular weight excluding hydrogens is 313 g/mol. The number of nitrogens with zero attached hydrogens (tertiary/aromatic N) is 1. The van der Waals surface area contributed by atoms with Crippen LogP contribution in [0.15, 0.2) is 22.7 Å². The average molecular weight is 326 g/mol. The molecule has 3 nitrogen and oxygen atoms in total. The fraction of sp³-hybridized carbons (Fsp3) is 0.500. The van der Waals surface area contributed by atoms with Gasteiger partial charge in [-0.1, -0.05) is 22.0 Å². The van der Waals surface area contributed by atoms with Gasteiger partial charge in [0.05, 0.1) is 18.3 Å². The van der Waals surface area contributed by atoms with Crippen molar-refractivity contribution in [2.75, 3.05) is 0 Å². The summed E-state index contributed by atoms with van der Waals surface area (Å²) in [6, 6.07) is 6.69. The summed E-state index contributed by atoms with van der Waals surface area (Å²) in [7, 11) is 0. The van der Waals surface area contributed by atoms with Gasteiger partial charge in [-0.3, -0.25) is 0 Å². The molecular formula is C14H13BrFNO2. The molecule has 2 aliphatic rings. The van der Waals surface area contributed by atoms with Gasteiger partial charge in [-0.2, -0.15) is 5.26 Å². The van der Waals surface area contributed by atoms with Crippen molar-refractivity contribution in [2.24, 2.45) is 5.41 Å². The standard InChI is InChI=1S/C14H13BrFNO2/c15-8-1-3-10(11(16)5-8)13(18)14(7-17)6-9-2-4-12(14)19-9/h1,3,5,9,12-13,18H,2,4,6H2. The highest BCUT2D eigenvalue weighted by molar-refractivity contribution is 9.10. The lowest BCUT2D eigenvalue weighted by atomic mass is 9.69. The van der Waals surface area contributed by atoms with Crippen molar-refractivity contribution < 1.29 is 14.2 Å². The molecule has 4 unspecified atom stereocenters. The molecule has 1 N–H and O–H groups in total. The summed E-state index contributed by atoms with van der Waals surface area (Å²) in [6.45, 7) is 0. The Hall–Kier alpha value is -0.960. The number of rotatable bonds is 2. The van der Waals surface area contributed by atoms with Crippen molar-refractivity contribution in [3.8, 4) is 6.07 Å². The molecule has 2 bridgehead atoms. The fourth-order valence-electron chi connectivity index (χ4n) is 3.21. The molecule has 2 heterocycles. The van der Waals surface area contributed by atoms with Crippen LogP contribution in [0.3, 0.4) is 0 Å². The Morgan fingerprint density at radius 1 is 1.53 bits per heavy atom. The van der Waals surface area contributed by atoms with E-state index in [-0.39, 0.29) is 17.8 Å². The van der Waals surface area contributed by atoms with E-state index in [1.54, 1.807) is 6.07 Å². The van der Waals surface area contributed by atoms with Crippen LogP contribution in [0.4, 0.5) is 4.39 Å². The van der Waals surface area contributed by atoms with Crippen molar-refractivity contribution in [3.63, 3.8) is 0 Å². The van der Waals surface area contributed by atoms with Gasteiger partial charge in [0.25, 0.3) is 0 Å². The van der Waals surface area contributed by atoms with E-state index in [0.29, 0.717) is 10.9 Å². The largest absolute Gasteiger partial charge is 0.387 e. The highest BCUT2D eigenvalue weighted by Crippen LogP contribution is 2.54. The lowest BCUT2D eigenvalue weighted by Gasteiger charge is -2.33. The molecule has 0 spiro atoms. The van der Waals surface area contributed by atoms with Crippen LogP contribution >= 0.6 is 15.9 Å². The Bertz CT molecular complexity index is 559. The molecule has 5 heteroatoms. The van der Waals surface area contributed by atoms with E-state index < -0.39 is 17.3 Å². The zero-order valence-corrected chi connectivity index (χ0v) is 11.7. The first-order valence-electron chi connectivity index (χ1n) is 6.26. The van der Waals surface area contributed by atoms with Crippen LogP contribution < -0.4 is 0 Å². The van der Waals surface area contributed by atoms with Crippen LogP contribution in [0.2, 0.25) is 0 Å². The predicted octanol–water partition coefficient (Wildman–Crippen LogP) is 3.08. The molecule has 2 aliphatic heterocycles. The quantitative estimate of drug-likeness (QED) is 0.909. The van der Waals surface area contributed by atoms with E-state index in [4.69, 9.17) is 4.74 Å². The molecule has 4 atom stereocenters. The molecule has 2 saturated heterocycles. The minimum Gasteiger partial charge on any atom is -0.387 e. The number of hydrogen-bond donors (Lipinski definition) is 1. The van der Waals surface area contributed by atoms with Gasteiger partial charge in [-0.05, 0) is 31.4 Å². The number of aliphatic hydroxyl groups is 1. The van der Waals surface area contributed by atoms with Crippen molar-refractivity contribution in [1.82, 2.24) is 0 Å². The molecule has 100 valence electrons. The van der Waals surface area contributed by atoms with Crippen LogP contribution in [0, 0.1) is 22.6 Å². The first-order valence-corrected chi connectivity index (χ1v) is 7.06. The molecule has 1 aromatic carbocycles. The fourth-order valence-corrected chi connectivity index (χ4v) is 3.54.